The summed E-state index contributed by atoms with van der Waals surface area (Å²) in [7, 11) is 0. The molecule has 0 radical (unpaired) electrons. The predicted molar refractivity (Wildman–Crippen MR) is 64.9 cm³/mol. The number of terminal acetylenes is 1. The van der Waals surface area contributed by atoms with Crippen molar-refractivity contribution in [3.05, 3.63) is 24.3 Å². The zero-order valence-corrected chi connectivity index (χ0v) is 9.60. The van der Waals surface area contributed by atoms with Gasteiger partial charge < -0.3 is 15.2 Å². The number of allylic oxidation sites excluding steroid dienone is 2. The highest BCUT2D eigenvalue weighted by molar-refractivity contribution is 5.26. The Morgan fingerprint density at radius 3 is 3.00 bits per heavy atom. The third-order valence-corrected chi connectivity index (χ3v) is 2.36. The summed E-state index contributed by atoms with van der Waals surface area (Å²) >= 11 is 0. The van der Waals surface area contributed by atoms with E-state index in [-0.39, 0.29) is 6.61 Å². The number of nitrogens with zero attached hydrogens (tertiary/aromatic N) is 1. The molecule has 2 unspecified atom stereocenters. The first-order valence-corrected chi connectivity index (χ1v) is 5.44. The number of rotatable bonds is 6. The Bertz CT molecular complexity index is 376. The van der Waals surface area contributed by atoms with Gasteiger partial charge in [0, 0.05) is 13.0 Å². The summed E-state index contributed by atoms with van der Waals surface area (Å²) in [5.74, 6) is 2.41. The number of aliphatic hydroxyl groups excluding tert-OH is 1. The van der Waals surface area contributed by atoms with Crippen LogP contribution in [0.25, 0.3) is 0 Å². The molecule has 0 heterocycles. The zero-order chi connectivity index (χ0) is 12.6. The summed E-state index contributed by atoms with van der Waals surface area (Å²) in [5, 5.41) is 21.6. The first-order chi connectivity index (χ1) is 8.22. The lowest BCUT2D eigenvalue weighted by atomic mass is 9.97. The van der Waals surface area contributed by atoms with Crippen molar-refractivity contribution in [2.24, 2.45) is 0 Å². The molecule has 1 aliphatic carbocycles. The van der Waals surface area contributed by atoms with E-state index in [1.54, 1.807) is 12.2 Å². The van der Waals surface area contributed by atoms with Crippen molar-refractivity contribution in [1.82, 2.24) is 5.32 Å². The summed E-state index contributed by atoms with van der Waals surface area (Å²) in [6.45, 7) is 0.859. The van der Waals surface area contributed by atoms with Crippen molar-refractivity contribution in [2.75, 3.05) is 19.7 Å². The third-order valence-electron chi connectivity index (χ3n) is 2.36. The number of aliphatic hydroxyl groups is 1. The monoisotopic (exact) mass is 232 g/mol. The number of hydrogen-bond acceptors (Lipinski definition) is 4. The molecule has 0 aliphatic heterocycles. The molecule has 2 atom stereocenters. The van der Waals surface area contributed by atoms with Crippen LogP contribution in [0, 0.1) is 23.7 Å². The number of nitriles is 1. The molecular weight excluding hydrogens is 216 g/mol. The lowest BCUT2D eigenvalue weighted by Crippen LogP contribution is -2.36. The molecular formula is C13H16N2O2. The van der Waals surface area contributed by atoms with E-state index in [9.17, 15) is 5.11 Å². The van der Waals surface area contributed by atoms with Gasteiger partial charge >= 0.3 is 0 Å². The van der Waals surface area contributed by atoms with E-state index < -0.39 is 11.7 Å². The van der Waals surface area contributed by atoms with E-state index in [1.165, 1.54) is 0 Å². The predicted octanol–water partition coefficient (Wildman–Crippen LogP) is 0.365. The largest absolute Gasteiger partial charge is 0.389 e. The molecule has 0 saturated carbocycles. The van der Waals surface area contributed by atoms with Crippen LogP contribution in [0.3, 0.4) is 0 Å². The highest BCUT2D eigenvalue weighted by Gasteiger charge is 2.28. The van der Waals surface area contributed by atoms with E-state index >= 15 is 0 Å². The molecule has 90 valence electrons. The molecule has 1 aliphatic rings. The molecule has 0 fully saturated rings. The SMILES string of the molecule is C#CCNCC(O)COC1(C#N)C=CC=CC1. The van der Waals surface area contributed by atoms with Crippen molar-refractivity contribution >= 4 is 0 Å². The Hall–Kier alpha value is -1.59. The Morgan fingerprint density at radius 2 is 2.41 bits per heavy atom. The fourth-order valence-electron chi connectivity index (χ4n) is 1.44. The van der Waals surface area contributed by atoms with Gasteiger partial charge in [0.05, 0.1) is 19.3 Å². The van der Waals surface area contributed by atoms with E-state index in [0.717, 1.165) is 0 Å². The average Bonchev–Trinajstić information content (AvgIpc) is 2.38. The fraction of sp³-hybridized carbons (Fsp3) is 0.462. The Balaban J connectivity index is 2.34. The van der Waals surface area contributed by atoms with Gasteiger partial charge in [0.25, 0.3) is 0 Å². The standard InChI is InChI=1S/C13H16N2O2/c1-2-8-15-9-12(16)10-17-13(11-14)6-4-3-5-7-13/h1,3-6,12,15-16H,7-10H2. The van der Waals surface area contributed by atoms with Gasteiger partial charge in [0.15, 0.2) is 5.60 Å². The Morgan fingerprint density at radius 1 is 1.59 bits per heavy atom. The second-order valence-corrected chi connectivity index (χ2v) is 3.79. The lowest BCUT2D eigenvalue weighted by Gasteiger charge is -2.25. The van der Waals surface area contributed by atoms with Gasteiger partial charge in [-0.3, -0.25) is 0 Å². The van der Waals surface area contributed by atoms with Crippen LogP contribution >= 0.6 is 0 Å². The molecule has 4 heteroatoms. The van der Waals surface area contributed by atoms with Gasteiger partial charge in [-0.1, -0.05) is 24.1 Å². The summed E-state index contributed by atoms with van der Waals surface area (Å²) in [5.41, 5.74) is -0.943. The third kappa shape index (κ3) is 4.42. The maximum atomic E-state index is 9.61. The zero-order valence-electron chi connectivity index (χ0n) is 9.60. The maximum Gasteiger partial charge on any atom is 0.176 e. The molecule has 4 nitrogen and oxygen atoms in total. The van der Waals surface area contributed by atoms with Gasteiger partial charge in [-0.2, -0.15) is 5.26 Å². The normalized spacial score (nSPS) is 23.9. The van der Waals surface area contributed by atoms with Crippen molar-refractivity contribution < 1.29 is 9.84 Å². The van der Waals surface area contributed by atoms with E-state index in [4.69, 9.17) is 16.4 Å². The smallest absolute Gasteiger partial charge is 0.176 e. The molecule has 2 N–H and O–H groups in total. The minimum Gasteiger partial charge on any atom is -0.389 e. The van der Waals surface area contributed by atoms with Gasteiger partial charge in [0.1, 0.15) is 6.07 Å². The molecule has 0 spiro atoms. The van der Waals surface area contributed by atoms with Crippen LogP contribution in [0.15, 0.2) is 24.3 Å². The van der Waals surface area contributed by atoms with Crippen molar-refractivity contribution in [2.45, 2.75) is 18.1 Å². The van der Waals surface area contributed by atoms with E-state index in [0.29, 0.717) is 19.5 Å². The minimum absolute atomic E-state index is 0.101. The van der Waals surface area contributed by atoms with Crippen LogP contribution in [0.2, 0.25) is 0 Å². The molecule has 17 heavy (non-hydrogen) atoms. The summed E-state index contributed by atoms with van der Waals surface area (Å²) in [6.07, 6.45) is 12.1. The molecule has 0 aromatic heterocycles. The lowest BCUT2D eigenvalue weighted by molar-refractivity contribution is -0.0213. The highest BCUT2D eigenvalue weighted by atomic mass is 16.5. The van der Waals surface area contributed by atoms with Crippen LogP contribution < -0.4 is 5.32 Å². The van der Waals surface area contributed by atoms with Gasteiger partial charge in [-0.25, -0.2) is 0 Å². The maximum absolute atomic E-state index is 9.61. The number of hydrogen-bond donors (Lipinski definition) is 2. The second-order valence-electron chi connectivity index (χ2n) is 3.79. The number of nitrogens with one attached hydrogen (secondary N) is 1. The fourth-order valence-corrected chi connectivity index (χ4v) is 1.44. The van der Waals surface area contributed by atoms with E-state index in [2.05, 4.69) is 17.3 Å². The van der Waals surface area contributed by atoms with Crippen LogP contribution in [-0.2, 0) is 4.74 Å². The molecule has 0 amide bonds. The molecule has 0 aromatic carbocycles. The first kappa shape index (κ1) is 13.5. The van der Waals surface area contributed by atoms with E-state index in [1.807, 2.05) is 12.2 Å². The number of ether oxygens (including phenoxy) is 1. The summed E-state index contributed by atoms with van der Waals surface area (Å²) in [4.78, 5) is 0. The van der Waals surface area contributed by atoms with Crippen LogP contribution in [0.5, 0.6) is 0 Å². The molecule has 0 saturated heterocycles. The van der Waals surface area contributed by atoms with Gasteiger partial charge in [-0.15, -0.1) is 6.42 Å². The molecule has 1 rings (SSSR count). The highest BCUT2D eigenvalue weighted by Crippen LogP contribution is 2.21. The van der Waals surface area contributed by atoms with Crippen molar-refractivity contribution in [3.8, 4) is 18.4 Å². The van der Waals surface area contributed by atoms with Crippen molar-refractivity contribution in [1.29, 1.82) is 5.26 Å². The first-order valence-electron chi connectivity index (χ1n) is 5.44. The van der Waals surface area contributed by atoms with Gasteiger partial charge in [-0.05, 0) is 6.08 Å². The minimum atomic E-state index is -0.943. The second kappa shape index (κ2) is 6.88. The molecule has 0 aromatic rings. The van der Waals surface area contributed by atoms with Gasteiger partial charge in [0.2, 0.25) is 0 Å². The Labute approximate surface area is 102 Å². The average molecular weight is 232 g/mol. The summed E-state index contributed by atoms with van der Waals surface area (Å²) in [6, 6.07) is 2.12. The quantitative estimate of drug-likeness (QED) is 0.513. The topological polar surface area (TPSA) is 65.3 Å². The van der Waals surface area contributed by atoms with Crippen LogP contribution in [0.4, 0.5) is 0 Å². The molecule has 0 bridgehead atoms. The van der Waals surface area contributed by atoms with Crippen LogP contribution in [0.1, 0.15) is 6.42 Å². The van der Waals surface area contributed by atoms with Crippen LogP contribution in [-0.4, -0.2) is 36.5 Å². The van der Waals surface area contributed by atoms with Crippen molar-refractivity contribution in [3.63, 3.8) is 0 Å². The summed E-state index contributed by atoms with van der Waals surface area (Å²) < 4.78 is 5.47. The Kier molecular flexibility index (Phi) is 5.45.